The second-order valence-corrected chi connectivity index (χ2v) is 8.64. The quantitative estimate of drug-likeness (QED) is 0.775. The Balaban J connectivity index is 1.34. The fraction of sp³-hybridized carbons (Fsp3) is 0.522. The number of carbonyl (C=O) groups excluding carboxylic acids is 1. The Kier molecular flexibility index (Phi) is 6.06. The third-order valence-corrected chi connectivity index (χ3v) is 6.24. The molecule has 2 aromatic rings. The normalized spacial score (nSPS) is 17.9. The summed E-state index contributed by atoms with van der Waals surface area (Å²) < 4.78 is 0. The number of benzene rings is 1. The SMILES string of the molecule is CC1CCN(c2ccc(N3CCN(C(=O)c4cccc(N(C)C)c4)CC3)nn2)CC1. The van der Waals surface area contributed by atoms with Crippen molar-refractivity contribution >= 4 is 23.2 Å². The maximum Gasteiger partial charge on any atom is 0.254 e. The molecule has 7 nitrogen and oxygen atoms in total. The van der Waals surface area contributed by atoms with E-state index < -0.39 is 0 Å². The average Bonchev–Trinajstić information content (AvgIpc) is 2.79. The van der Waals surface area contributed by atoms with Gasteiger partial charge < -0.3 is 19.6 Å². The average molecular weight is 409 g/mol. The molecule has 1 aromatic carbocycles. The summed E-state index contributed by atoms with van der Waals surface area (Å²) in [4.78, 5) is 21.4. The maximum absolute atomic E-state index is 12.9. The highest BCUT2D eigenvalue weighted by molar-refractivity contribution is 5.95. The molecule has 0 radical (unpaired) electrons. The number of amides is 1. The topological polar surface area (TPSA) is 55.8 Å². The molecule has 7 heteroatoms. The van der Waals surface area contributed by atoms with Gasteiger partial charge in [-0.25, -0.2) is 0 Å². The van der Waals surface area contributed by atoms with Crippen LogP contribution in [0.2, 0.25) is 0 Å². The first-order valence-corrected chi connectivity index (χ1v) is 10.9. The number of carbonyl (C=O) groups is 1. The van der Waals surface area contributed by atoms with Crippen LogP contribution in [-0.4, -0.2) is 74.4 Å². The van der Waals surface area contributed by atoms with E-state index in [0.717, 1.165) is 55.0 Å². The lowest BCUT2D eigenvalue weighted by Crippen LogP contribution is -2.49. The zero-order valence-electron chi connectivity index (χ0n) is 18.3. The van der Waals surface area contributed by atoms with Gasteiger partial charge in [-0.3, -0.25) is 4.79 Å². The number of nitrogens with zero attached hydrogens (tertiary/aromatic N) is 6. The molecular weight excluding hydrogens is 376 g/mol. The number of anilines is 3. The van der Waals surface area contributed by atoms with Crippen LogP contribution in [0.25, 0.3) is 0 Å². The summed E-state index contributed by atoms with van der Waals surface area (Å²) in [7, 11) is 3.97. The van der Waals surface area contributed by atoms with E-state index in [1.54, 1.807) is 0 Å². The first-order chi connectivity index (χ1) is 14.5. The van der Waals surface area contributed by atoms with Crippen LogP contribution in [0.4, 0.5) is 17.3 Å². The number of hydrogen-bond donors (Lipinski definition) is 0. The van der Waals surface area contributed by atoms with Gasteiger partial charge in [-0.2, -0.15) is 0 Å². The third kappa shape index (κ3) is 4.50. The first-order valence-electron chi connectivity index (χ1n) is 10.9. The second kappa shape index (κ2) is 8.90. The van der Waals surface area contributed by atoms with Crippen molar-refractivity contribution in [3.8, 4) is 0 Å². The zero-order chi connectivity index (χ0) is 21.1. The Morgan fingerprint density at radius 1 is 0.900 bits per heavy atom. The lowest BCUT2D eigenvalue weighted by molar-refractivity contribution is 0.0746. The molecule has 0 atom stereocenters. The number of hydrogen-bond acceptors (Lipinski definition) is 6. The van der Waals surface area contributed by atoms with Gasteiger partial charge in [-0.1, -0.05) is 13.0 Å². The molecule has 0 saturated carbocycles. The van der Waals surface area contributed by atoms with Gasteiger partial charge in [0.1, 0.15) is 0 Å². The van der Waals surface area contributed by atoms with Crippen LogP contribution < -0.4 is 14.7 Å². The van der Waals surface area contributed by atoms with Gasteiger partial charge in [-0.15, -0.1) is 10.2 Å². The van der Waals surface area contributed by atoms with Crippen LogP contribution in [0.3, 0.4) is 0 Å². The molecule has 160 valence electrons. The lowest BCUT2D eigenvalue weighted by Gasteiger charge is -2.35. The molecule has 0 unspecified atom stereocenters. The van der Waals surface area contributed by atoms with E-state index in [1.165, 1.54) is 12.8 Å². The van der Waals surface area contributed by atoms with Crippen molar-refractivity contribution in [3.05, 3.63) is 42.0 Å². The number of rotatable bonds is 4. The Labute approximate surface area is 179 Å². The molecule has 2 saturated heterocycles. The molecule has 0 aliphatic carbocycles. The molecule has 3 heterocycles. The minimum atomic E-state index is 0.0964. The number of piperazine rings is 1. The van der Waals surface area contributed by atoms with E-state index in [4.69, 9.17) is 0 Å². The molecule has 1 aromatic heterocycles. The van der Waals surface area contributed by atoms with E-state index in [0.29, 0.717) is 13.1 Å². The van der Waals surface area contributed by atoms with Gasteiger partial charge >= 0.3 is 0 Å². The minimum absolute atomic E-state index is 0.0964. The van der Waals surface area contributed by atoms with Crippen molar-refractivity contribution in [1.82, 2.24) is 15.1 Å². The van der Waals surface area contributed by atoms with Crippen molar-refractivity contribution in [2.75, 3.05) is 68.1 Å². The zero-order valence-corrected chi connectivity index (χ0v) is 18.3. The minimum Gasteiger partial charge on any atom is -0.378 e. The highest BCUT2D eigenvalue weighted by Crippen LogP contribution is 2.23. The van der Waals surface area contributed by atoms with Gasteiger partial charge in [0, 0.05) is 64.6 Å². The predicted octanol–water partition coefficient (Wildman–Crippen LogP) is 2.74. The molecule has 1 amide bonds. The van der Waals surface area contributed by atoms with Crippen LogP contribution in [-0.2, 0) is 0 Å². The van der Waals surface area contributed by atoms with Crippen LogP contribution in [0.1, 0.15) is 30.1 Å². The molecule has 0 bridgehead atoms. The molecule has 0 spiro atoms. The maximum atomic E-state index is 12.9. The van der Waals surface area contributed by atoms with Crippen molar-refractivity contribution < 1.29 is 4.79 Å². The summed E-state index contributed by atoms with van der Waals surface area (Å²) in [5.74, 6) is 2.77. The van der Waals surface area contributed by atoms with Gasteiger partial charge in [0.25, 0.3) is 5.91 Å². The Hall–Kier alpha value is -2.83. The van der Waals surface area contributed by atoms with Gasteiger partial charge in [0.2, 0.25) is 0 Å². The van der Waals surface area contributed by atoms with E-state index in [2.05, 4.69) is 39.1 Å². The summed E-state index contributed by atoms with van der Waals surface area (Å²) in [6.07, 6.45) is 2.44. The summed E-state index contributed by atoms with van der Waals surface area (Å²) in [5, 5.41) is 8.96. The lowest BCUT2D eigenvalue weighted by atomic mass is 9.99. The van der Waals surface area contributed by atoms with Gasteiger partial charge in [0.05, 0.1) is 0 Å². The van der Waals surface area contributed by atoms with Crippen LogP contribution >= 0.6 is 0 Å². The van der Waals surface area contributed by atoms with E-state index in [-0.39, 0.29) is 5.91 Å². The van der Waals surface area contributed by atoms with Crippen LogP contribution in [0.15, 0.2) is 36.4 Å². The summed E-state index contributed by atoms with van der Waals surface area (Å²) in [6.45, 7) is 7.37. The monoisotopic (exact) mass is 408 g/mol. The van der Waals surface area contributed by atoms with Crippen molar-refractivity contribution in [3.63, 3.8) is 0 Å². The fourth-order valence-corrected chi connectivity index (χ4v) is 4.13. The highest BCUT2D eigenvalue weighted by Gasteiger charge is 2.24. The third-order valence-electron chi connectivity index (χ3n) is 6.24. The highest BCUT2D eigenvalue weighted by atomic mass is 16.2. The first kappa shape index (κ1) is 20.4. The molecule has 4 rings (SSSR count). The van der Waals surface area contributed by atoms with Crippen LogP contribution in [0.5, 0.6) is 0 Å². The largest absolute Gasteiger partial charge is 0.378 e. The van der Waals surface area contributed by atoms with Crippen molar-refractivity contribution in [2.45, 2.75) is 19.8 Å². The Bertz CT molecular complexity index is 852. The molecule has 2 aliphatic heterocycles. The molecule has 0 N–H and O–H groups in total. The standard InChI is InChI=1S/C23H32N6O/c1-18-9-11-27(12-10-18)21-7-8-22(25-24-21)28-13-15-29(16-14-28)23(30)19-5-4-6-20(17-19)26(2)3/h4-8,17-18H,9-16H2,1-3H3. The van der Waals surface area contributed by atoms with E-state index in [1.807, 2.05) is 48.2 Å². The Morgan fingerprint density at radius 2 is 1.50 bits per heavy atom. The molecule has 2 aliphatic rings. The van der Waals surface area contributed by atoms with Crippen molar-refractivity contribution in [2.24, 2.45) is 5.92 Å². The summed E-state index contributed by atoms with van der Waals surface area (Å²) in [5.41, 5.74) is 1.78. The molecular formula is C23H32N6O. The molecule has 2 fully saturated rings. The van der Waals surface area contributed by atoms with Gasteiger partial charge in [0.15, 0.2) is 11.6 Å². The number of aromatic nitrogens is 2. The number of piperidine rings is 1. The molecule has 30 heavy (non-hydrogen) atoms. The summed E-state index contributed by atoms with van der Waals surface area (Å²) >= 11 is 0. The Morgan fingerprint density at radius 3 is 2.07 bits per heavy atom. The smallest absolute Gasteiger partial charge is 0.254 e. The van der Waals surface area contributed by atoms with Crippen molar-refractivity contribution in [1.29, 1.82) is 0 Å². The second-order valence-electron chi connectivity index (χ2n) is 8.64. The fourth-order valence-electron chi connectivity index (χ4n) is 4.13. The van der Waals surface area contributed by atoms with E-state index in [9.17, 15) is 4.79 Å². The van der Waals surface area contributed by atoms with E-state index >= 15 is 0 Å². The predicted molar refractivity (Wildman–Crippen MR) is 122 cm³/mol. The van der Waals surface area contributed by atoms with Gasteiger partial charge in [-0.05, 0) is 49.1 Å². The summed E-state index contributed by atoms with van der Waals surface area (Å²) in [6, 6.07) is 12.0. The van der Waals surface area contributed by atoms with Crippen LogP contribution in [0, 0.1) is 5.92 Å².